The first-order valence-electron chi connectivity index (χ1n) is 5.34. The Hall–Kier alpha value is -1.98. The van der Waals surface area contributed by atoms with Crippen molar-refractivity contribution in [2.45, 2.75) is 4.90 Å². The van der Waals surface area contributed by atoms with Crippen LogP contribution in [0.4, 0.5) is 0 Å². The minimum Gasteiger partial charge on any atom is -0.744 e. The molecule has 1 aromatic carbocycles. The summed E-state index contributed by atoms with van der Waals surface area (Å²) in [7, 11) is -4.41. The molecule has 0 unspecified atom stereocenters. The Morgan fingerprint density at radius 1 is 1.00 bits per heavy atom. The van der Waals surface area contributed by atoms with Crippen LogP contribution in [-0.4, -0.2) is 13.0 Å². The van der Waals surface area contributed by atoms with Gasteiger partial charge >= 0.3 is 0 Å². The van der Waals surface area contributed by atoms with Crippen LogP contribution in [0.1, 0.15) is 0 Å². The largest absolute Gasteiger partial charge is 0.744 e. The SMILES string of the molecule is O=S(=O)([O-])c1ccc2cc3cccc[n+]3cc2c1. The first-order valence-corrected chi connectivity index (χ1v) is 6.75. The van der Waals surface area contributed by atoms with E-state index in [0.29, 0.717) is 0 Å². The van der Waals surface area contributed by atoms with Gasteiger partial charge in [-0.1, -0.05) is 6.07 Å². The summed E-state index contributed by atoms with van der Waals surface area (Å²) in [6.07, 6.45) is 3.67. The van der Waals surface area contributed by atoms with E-state index in [-0.39, 0.29) is 4.90 Å². The highest BCUT2D eigenvalue weighted by molar-refractivity contribution is 7.85. The van der Waals surface area contributed by atoms with E-state index in [1.54, 1.807) is 12.3 Å². The topological polar surface area (TPSA) is 61.3 Å². The quantitative estimate of drug-likeness (QED) is 0.378. The minimum atomic E-state index is -4.41. The molecule has 2 heterocycles. The van der Waals surface area contributed by atoms with E-state index in [4.69, 9.17) is 0 Å². The summed E-state index contributed by atoms with van der Waals surface area (Å²) in [6.45, 7) is 0. The molecular weight excluding hydrogens is 250 g/mol. The predicted octanol–water partition coefficient (Wildman–Crippen LogP) is 1.48. The van der Waals surface area contributed by atoms with Gasteiger partial charge in [0.15, 0.2) is 12.4 Å². The molecule has 3 aromatic rings. The molecule has 0 radical (unpaired) electrons. The van der Waals surface area contributed by atoms with Gasteiger partial charge in [0.2, 0.25) is 5.52 Å². The fourth-order valence-corrected chi connectivity index (χ4v) is 2.48. The van der Waals surface area contributed by atoms with Crippen LogP contribution in [0.5, 0.6) is 0 Å². The Morgan fingerprint density at radius 3 is 2.61 bits per heavy atom. The second-order valence-corrected chi connectivity index (χ2v) is 5.43. The maximum Gasteiger partial charge on any atom is 0.211 e. The highest BCUT2D eigenvalue weighted by Gasteiger charge is 2.07. The molecule has 0 N–H and O–H groups in total. The number of rotatable bonds is 1. The van der Waals surface area contributed by atoms with Crippen molar-refractivity contribution in [3.8, 4) is 0 Å². The van der Waals surface area contributed by atoms with Crippen LogP contribution in [0, 0.1) is 0 Å². The van der Waals surface area contributed by atoms with Gasteiger partial charge in [-0.05, 0) is 23.6 Å². The molecule has 0 fully saturated rings. The first-order chi connectivity index (χ1) is 8.54. The molecule has 4 nitrogen and oxygen atoms in total. The van der Waals surface area contributed by atoms with Crippen molar-refractivity contribution < 1.29 is 17.4 Å². The Bertz CT molecular complexity index is 856. The summed E-state index contributed by atoms with van der Waals surface area (Å²) in [4.78, 5) is -0.203. The van der Waals surface area contributed by atoms with Crippen LogP contribution < -0.4 is 4.40 Å². The van der Waals surface area contributed by atoms with Crippen molar-refractivity contribution in [3.05, 3.63) is 54.9 Å². The number of pyridine rings is 2. The molecule has 0 aliphatic rings. The van der Waals surface area contributed by atoms with E-state index in [9.17, 15) is 13.0 Å². The zero-order valence-corrected chi connectivity index (χ0v) is 10.1. The van der Waals surface area contributed by atoms with Crippen molar-refractivity contribution in [2.24, 2.45) is 0 Å². The predicted molar refractivity (Wildman–Crippen MR) is 65.1 cm³/mol. The second-order valence-electron chi connectivity index (χ2n) is 4.05. The lowest BCUT2D eigenvalue weighted by molar-refractivity contribution is -0.510. The van der Waals surface area contributed by atoms with Crippen LogP contribution in [-0.2, 0) is 10.1 Å². The lowest BCUT2D eigenvalue weighted by Gasteiger charge is -2.07. The van der Waals surface area contributed by atoms with E-state index in [0.717, 1.165) is 16.3 Å². The maximum absolute atomic E-state index is 11.0. The highest BCUT2D eigenvalue weighted by Crippen LogP contribution is 2.18. The van der Waals surface area contributed by atoms with Crippen molar-refractivity contribution in [3.63, 3.8) is 0 Å². The van der Waals surface area contributed by atoms with Crippen molar-refractivity contribution >= 4 is 26.4 Å². The maximum atomic E-state index is 11.0. The normalized spacial score (nSPS) is 12.1. The molecule has 3 rings (SSSR count). The van der Waals surface area contributed by atoms with Gasteiger partial charge in [-0.25, -0.2) is 8.42 Å². The molecular formula is C13H9NO3S. The third-order valence-electron chi connectivity index (χ3n) is 2.85. The van der Waals surface area contributed by atoms with E-state index >= 15 is 0 Å². The summed E-state index contributed by atoms with van der Waals surface area (Å²) in [5.74, 6) is 0. The summed E-state index contributed by atoms with van der Waals surface area (Å²) in [5, 5.41) is 1.62. The Morgan fingerprint density at radius 2 is 1.83 bits per heavy atom. The second kappa shape index (κ2) is 3.76. The molecule has 0 saturated heterocycles. The van der Waals surface area contributed by atoms with Crippen LogP contribution in [0.25, 0.3) is 16.3 Å². The average molecular weight is 259 g/mol. The van der Waals surface area contributed by atoms with Gasteiger partial charge in [0, 0.05) is 23.6 Å². The molecule has 0 bridgehead atoms. The number of hydrogen-bond acceptors (Lipinski definition) is 3. The lowest BCUT2D eigenvalue weighted by atomic mass is 10.1. The molecule has 0 aliphatic carbocycles. The zero-order chi connectivity index (χ0) is 12.8. The molecule has 90 valence electrons. The van der Waals surface area contributed by atoms with Gasteiger partial charge in [0.1, 0.15) is 10.1 Å². The Kier molecular flexibility index (Phi) is 2.33. The summed E-state index contributed by atoms with van der Waals surface area (Å²) >= 11 is 0. The van der Waals surface area contributed by atoms with E-state index in [2.05, 4.69) is 0 Å². The molecule has 0 spiro atoms. The van der Waals surface area contributed by atoms with E-state index in [1.807, 2.05) is 34.9 Å². The van der Waals surface area contributed by atoms with Crippen LogP contribution in [0.2, 0.25) is 0 Å². The summed E-state index contributed by atoms with van der Waals surface area (Å²) in [6, 6.07) is 12.1. The smallest absolute Gasteiger partial charge is 0.211 e. The van der Waals surface area contributed by atoms with Gasteiger partial charge in [0.05, 0.1) is 4.90 Å². The first kappa shape index (κ1) is 11.1. The summed E-state index contributed by atoms with van der Waals surface area (Å²) in [5.41, 5.74) is 1.00. The fraction of sp³-hybridized carbons (Fsp3) is 0. The number of fused-ring (bicyclic) bond motifs is 2. The van der Waals surface area contributed by atoms with Crippen LogP contribution in [0.15, 0.2) is 59.8 Å². The van der Waals surface area contributed by atoms with Crippen LogP contribution >= 0.6 is 0 Å². The minimum absolute atomic E-state index is 0.203. The van der Waals surface area contributed by atoms with E-state index < -0.39 is 10.1 Å². The van der Waals surface area contributed by atoms with Gasteiger partial charge in [-0.2, -0.15) is 4.40 Å². The molecule has 18 heavy (non-hydrogen) atoms. The third kappa shape index (κ3) is 1.83. The van der Waals surface area contributed by atoms with Gasteiger partial charge in [-0.15, -0.1) is 0 Å². The van der Waals surface area contributed by atoms with E-state index in [1.165, 1.54) is 12.1 Å². The standard InChI is InChI=1S/C13H9NO3S/c15-18(16,17)13-5-4-10-7-12-3-1-2-6-14(12)9-11(10)8-13/h1-9H. The molecule has 2 aromatic heterocycles. The fourth-order valence-electron chi connectivity index (χ4n) is 1.97. The van der Waals surface area contributed by atoms with Gasteiger partial charge < -0.3 is 4.55 Å². The summed E-state index contributed by atoms with van der Waals surface area (Å²) < 4.78 is 34.8. The van der Waals surface area contributed by atoms with Crippen LogP contribution in [0.3, 0.4) is 0 Å². The molecule has 0 aliphatic heterocycles. The third-order valence-corrected chi connectivity index (χ3v) is 3.68. The molecule has 0 atom stereocenters. The molecule has 5 heteroatoms. The monoisotopic (exact) mass is 259 g/mol. The average Bonchev–Trinajstić information content (AvgIpc) is 2.34. The number of aromatic nitrogens is 1. The Labute approximate surface area is 104 Å². The molecule has 0 amide bonds. The Balaban J connectivity index is 2.37. The number of hydrogen-bond donors (Lipinski definition) is 0. The van der Waals surface area contributed by atoms with Gasteiger partial charge in [0.25, 0.3) is 0 Å². The highest BCUT2D eigenvalue weighted by atomic mass is 32.2. The zero-order valence-electron chi connectivity index (χ0n) is 9.28. The number of benzene rings is 1. The van der Waals surface area contributed by atoms with Crippen molar-refractivity contribution in [1.82, 2.24) is 0 Å². The van der Waals surface area contributed by atoms with Gasteiger partial charge in [-0.3, -0.25) is 0 Å². The lowest BCUT2D eigenvalue weighted by Crippen LogP contribution is -2.19. The number of nitrogens with zero attached hydrogens (tertiary/aromatic N) is 1. The van der Waals surface area contributed by atoms with Crippen molar-refractivity contribution in [1.29, 1.82) is 0 Å². The van der Waals surface area contributed by atoms with Crippen molar-refractivity contribution in [2.75, 3.05) is 0 Å². The molecule has 0 saturated carbocycles.